The van der Waals surface area contributed by atoms with Crippen molar-refractivity contribution in [3.05, 3.63) is 76.1 Å². The van der Waals surface area contributed by atoms with E-state index in [0.29, 0.717) is 12.0 Å². The Hall–Kier alpha value is -3.61. The number of aryl methyl sites for hydroxylation is 1. The van der Waals surface area contributed by atoms with Crippen LogP contribution in [-0.2, 0) is 16.1 Å². The van der Waals surface area contributed by atoms with E-state index in [0.717, 1.165) is 16.5 Å². The Bertz CT molecular complexity index is 1120. The van der Waals surface area contributed by atoms with Gasteiger partial charge in [-0.1, -0.05) is 44.2 Å². The van der Waals surface area contributed by atoms with Crippen molar-refractivity contribution >= 4 is 23.0 Å². The van der Waals surface area contributed by atoms with Crippen LogP contribution in [-0.4, -0.2) is 18.1 Å². The van der Waals surface area contributed by atoms with Crippen molar-refractivity contribution in [1.82, 2.24) is 5.32 Å². The molecule has 1 atom stereocenters. The molecule has 3 rings (SSSR count). The molecule has 0 fully saturated rings. The van der Waals surface area contributed by atoms with Gasteiger partial charge in [0.05, 0.1) is 0 Å². The fraction of sp³-hybridized carbons (Fsp3) is 0.292. The van der Waals surface area contributed by atoms with Crippen molar-refractivity contribution < 1.29 is 23.5 Å². The molecule has 0 aliphatic rings. The van der Waals surface area contributed by atoms with E-state index in [1.807, 2.05) is 44.2 Å². The van der Waals surface area contributed by atoms with Gasteiger partial charge in [0.15, 0.2) is 0 Å². The first kappa shape index (κ1) is 22.1. The van der Waals surface area contributed by atoms with Crippen LogP contribution in [0.15, 0.2) is 63.8 Å². The highest BCUT2D eigenvalue weighted by Crippen LogP contribution is 2.23. The molecule has 3 aromatic rings. The summed E-state index contributed by atoms with van der Waals surface area (Å²) in [5, 5.41) is 3.34. The van der Waals surface area contributed by atoms with Gasteiger partial charge >= 0.3 is 17.7 Å². The zero-order valence-electron chi connectivity index (χ0n) is 17.7. The van der Waals surface area contributed by atoms with Gasteiger partial charge in [0.25, 0.3) is 0 Å². The normalized spacial score (nSPS) is 11.9. The first-order chi connectivity index (χ1) is 14.8. The number of hydrogen-bond donors (Lipinski definition) is 1. The van der Waals surface area contributed by atoms with Crippen LogP contribution in [0.25, 0.3) is 11.0 Å². The van der Waals surface area contributed by atoms with Crippen molar-refractivity contribution in [2.24, 2.45) is 5.92 Å². The van der Waals surface area contributed by atoms with Crippen LogP contribution in [0.3, 0.4) is 0 Å². The van der Waals surface area contributed by atoms with Crippen LogP contribution in [0.5, 0.6) is 5.75 Å². The lowest BCUT2D eigenvalue weighted by molar-refractivity contribution is -0.137. The maximum Gasteiger partial charge on any atom is 0.408 e. The van der Waals surface area contributed by atoms with Crippen LogP contribution in [0.2, 0.25) is 0 Å². The number of fused-ring (bicyclic) bond motifs is 1. The summed E-state index contributed by atoms with van der Waals surface area (Å²) in [5.74, 6) is -0.275. The molecule has 0 aliphatic carbocycles. The molecule has 0 saturated heterocycles. The molecular weight excluding hydrogens is 398 g/mol. The van der Waals surface area contributed by atoms with Crippen molar-refractivity contribution in [3.63, 3.8) is 0 Å². The number of hydrogen-bond acceptors (Lipinski definition) is 6. The Kier molecular flexibility index (Phi) is 7.07. The quantitative estimate of drug-likeness (QED) is 0.345. The van der Waals surface area contributed by atoms with E-state index in [-0.39, 0.29) is 18.3 Å². The van der Waals surface area contributed by atoms with Crippen LogP contribution < -0.4 is 15.7 Å². The summed E-state index contributed by atoms with van der Waals surface area (Å²) in [5.41, 5.74) is 1.46. The van der Waals surface area contributed by atoms with Gasteiger partial charge in [0, 0.05) is 17.5 Å². The van der Waals surface area contributed by atoms with Gasteiger partial charge in [0.2, 0.25) is 0 Å². The molecule has 31 heavy (non-hydrogen) atoms. The molecular formula is C24H25NO6. The molecule has 0 bridgehead atoms. The van der Waals surface area contributed by atoms with Gasteiger partial charge in [-0.3, -0.25) is 0 Å². The molecule has 0 radical (unpaired) electrons. The second-order valence-corrected chi connectivity index (χ2v) is 7.72. The maximum atomic E-state index is 12.7. The number of esters is 1. The molecule has 1 unspecified atom stereocenters. The Balaban J connectivity index is 1.68. The molecule has 0 saturated carbocycles. The smallest absolute Gasteiger partial charge is 0.408 e. The average Bonchev–Trinajstić information content (AvgIpc) is 2.72. The minimum Gasteiger partial charge on any atom is -0.445 e. The van der Waals surface area contributed by atoms with E-state index in [4.69, 9.17) is 13.9 Å². The largest absolute Gasteiger partial charge is 0.445 e. The number of benzene rings is 2. The number of carbonyl (C=O) groups excluding carboxylic acids is 2. The number of amides is 1. The van der Waals surface area contributed by atoms with Crippen molar-refractivity contribution in [2.75, 3.05) is 0 Å². The van der Waals surface area contributed by atoms with Crippen molar-refractivity contribution in [2.45, 2.75) is 39.8 Å². The first-order valence-corrected chi connectivity index (χ1v) is 10.0. The second-order valence-electron chi connectivity index (χ2n) is 7.72. The summed E-state index contributed by atoms with van der Waals surface area (Å²) in [4.78, 5) is 36.6. The first-order valence-electron chi connectivity index (χ1n) is 10.0. The van der Waals surface area contributed by atoms with Gasteiger partial charge in [-0.2, -0.15) is 0 Å². The summed E-state index contributed by atoms with van der Waals surface area (Å²) in [6.45, 7) is 5.77. The molecule has 1 N–H and O–H groups in total. The Morgan fingerprint density at radius 1 is 1.06 bits per heavy atom. The summed E-state index contributed by atoms with van der Waals surface area (Å²) in [6, 6.07) is 14.6. The molecule has 7 heteroatoms. The maximum absolute atomic E-state index is 12.7. The monoisotopic (exact) mass is 423 g/mol. The lowest BCUT2D eigenvalue weighted by Crippen LogP contribution is -2.44. The second kappa shape index (κ2) is 9.93. The zero-order valence-corrected chi connectivity index (χ0v) is 17.7. The SMILES string of the molecule is Cc1cc(=O)oc2cc(OC(=O)C(CC(C)C)NC(=O)OCc3ccccc3)ccc12. The zero-order chi connectivity index (χ0) is 22.4. The van der Waals surface area contributed by atoms with Gasteiger partial charge < -0.3 is 19.2 Å². The lowest BCUT2D eigenvalue weighted by atomic mass is 10.0. The van der Waals surface area contributed by atoms with E-state index >= 15 is 0 Å². The average molecular weight is 423 g/mol. The Labute approximate surface area is 180 Å². The van der Waals surface area contributed by atoms with Crippen LogP contribution in [0, 0.1) is 12.8 Å². The molecule has 7 nitrogen and oxygen atoms in total. The fourth-order valence-corrected chi connectivity index (χ4v) is 3.15. The minimum absolute atomic E-state index is 0.0964. The fourth-order valence-electron chi connectivity index (χ4n) is 3.15. The van der Waals surface area contributed by atoms with Gasteiger partial charge in [-0.25, -0.2) is 14.4 Å². The number of carbonyl (C=O) groups is 2. The van der Waals surface area contributed by atoms with E-state index in [1.54, 1.807) is 19.1 Å². The van der Waals surface area contributed by atoms with E-state index in [2.05, 4.69) is 5.32 Å². The number of ether oxygens (including phenoxy) is 2. The molecule has 1 amide bonds. The van der Waals surface area contributed by atoms with Gasteiger partial charge in [-0.05, 0) is 42.5 Å². The van der Waals surface area contributed by atoms with E-state index < -0.39 is 23.7 Å². The molecule has 0 aliphatic heterocycles. The molecule has 0 spiro atoms. The predicted molar refractivity (Wildman–Crippen MR) is 116 cm³/mol. The topological polar surface area (TPSA) is 94.8 Å². The minimum atomic E-state index is -0.886. The summed E-state index contributed by atoms with van der Waals surface area (Å²) in [7, 11) is 0. The molecule has 2 aromatic carbocycles. The van der Waals surface area contributed by atoms with Crippen LogP contribution in [0.1, 0.15) is 31.4 Å². The number of rotatable bonds is 7. The van der Waals surface area contributed by atoms with Crippen LogP contribution in [0.4, 0.5) is 4.79 Å². The van der Waals surface area contributed by atoms with Crippen molar-refractivity contribution in [3.8, 4) is 5.75 Å². The van der Waals surface area contributed by atoms with Gasteiger partial charge in [0.1, 0.15) is 24.0 Å². The Morgan fingerprint density at radius 2 is 1.81 bits per heavy atom. The lowest BCUT2D eigenvalue weighted by Gasteiger charge is -2.19. The molecule has 1 aromatic heterocycles. The summed E-state index contributed by atoms with van der Waals surface area (Å²) in [6.07, 6.45) is -0.326. The highest BCUT2D eigenvalue weighted by Gasteiger charge is 2.25. The highest BCUT2D eigenvalue weighted by atomic mass is 16.6. The third kappa shape index (κ3) is 6.18. The Morgan fingerprint density at radius 3 is 2.52 bits per heavy atom. The number of alkyl carbamates (subject to hydrolysis) is 1. The van der Waals surface area contributed by atoms with Crippen LogP contribution >= 0.6 is 0 Å². The third-order valence-electron chi connectivity index (χ3n) is 4.64. The third-order valence-corrected chi connectivity index (χ3v) is 4.64. The predicted octanol–water partition coefficient (Wildman–Crippen LogP) is 4.35. The van der Waals surface area contributed by atoms with Crippen molar-refractivity contribution in [1.29, 1.82) is 0 Å². The van der Waals surface area contributed by atoms with E-state index in [1.165, 1.54) is 12.1 Å². The summed E-state index contributed by atoms with van der Waals surface area (Å²) < 4.78 is 15.9. The standard InChI is InChI=1S/C24H25NO6/c1-15(2)11-20(25-24(28)29-14-17-7-5-4-6-8-17)23(27)30-18-9-10-19-16(3)12-22(26)31-21(19)13-18/h4-10,12-13,15,20H,11,14H2,1-3H3,(H,25,28). The van der Waals surface area contributed by atoms with E-state index in [9.17, 15) is 14.4 Å². The molecule has 162 valence electrons. The number of nitrogens with one attached hydrogen (secondary N) is 1. The van der Waals surface area contributed by atoms with Gasteiger partial charge in [-0.15, -0.1) is 0 Å². The molecule has 1 heterocycles. The summed E-state index contributed by atoms with van der Waals surface area (Å²) >= 11 is 0. The highest BCUT2D eigenvalue weighted by molar-refractivity contribution is 5.85.